The first-order valence-corrected chi connectivity index (χ1v) is 7.36. The van der Waals surface area contributed by atoms with Crippen LogP contribution in [0.5, 0.6) is 0 Å². The van der Waals surface area contributed by atoms with Crippen LogP contribution in [0.2, 0.25) is 0 Å². The summed E-state index contributed by atoms with van der Waals surface area (Å²) >= 11 is 1.48. The molecule has 0 aromatic carbocycles. The SMILES string of the molecule is O=C(NCCCCN1CCOCC1)c1cccs1. The van der Waals surface area contributed by atoms with Crippen molar-refractivity contribution in [3.8, 4) is 0 Å². The molecule has 0 spiro atoms. The van der Waals surface area contributed by atoms with E-state index in [1.165, 1.54) is 11.3 Å². The molecule has 1 aromatic rings. The average molecular weight is 268 g/mol. The van der Waals surface area contributed by atoms with E-state index in [9.17, 15) is 4.79 Å². The monoisotopic (exact) mass is 268 g/mol. The molecule has 1 fully saturated rings. The largest absolute Gasteiger partial charge is 0.379 e. The molecule has 1 aliphatic heterocycles. The maximum absolute atomic E-state index is 11.6. The smallest absolute Gasteiger partial charge is 0.261 e. The van der Waals surface area contributed by atoms with Crippen molar-refractivity contribution in [1.82, 2.24) is 10.2 Å². The first-order chi connectivity index (χ1) is 8.86. The number of amides is 1. The Balaban J connectivity index is 1.52. The zero-order chi connectivity index (χ0) is 12.6. The van der Waals surface area contributed by atoms with Gasteiger partial charge < -0.3 is 10.1 Å². The van der Waals surface area contributed by atoms with Gasteiger partial charge in [0.15, 0.2) is 0 Å². The van der Waals surface area contributed by atoms with Crippen molar-refractivity contribution in [3.63, 3.8) is 0 Å². The van der Waals surface area contributed by atoms with Crippen LogP contribution in [0.1, 0.15) is 22.5 Å². The van der Waals surface area contributed by atoms with E-state index in [4.69, 9.17) is 4.74 Å². The minimum atomic E-state index is 0.0522. The van der Waals surface area contributed by atoms with Gasteiger partial charge in [-0.1, -0.05) is 6.07 Å². The summed E-state index contributed by atoms with van der Waals surface area (Å²) in [5.41, 5.74) is 0. The minimum absolute atomic E-state index is 0.0522. The van der Waals surface area contributed by atoms with Crippen LogP contribution in [0.25, 0.3) is 0 Å². The number of hydrogen-bond acceptors (Lipinski definition) is 4. The Hall–Kier alpha value is -0.910. The third kappa shape index (κ3) is 4.40. The van der Waals surface area contributed by atoms with Crippen molar-refractivity contribution in [3.05, 3.63) is 22.4 Å². The van der Waals surface area contributed by atoms with E-state index in [1.54, 1.807) is 0 Å². The molecule has 0 aliphatic carbocycles. The highest BCUT2D eigenvalue weighted by Gasteiger charge is 2.09. The Kier molecular flexibility index (Phi) is 5.64. The second-order valence-electron chi connectivity index (χ2n) is 4.39. The molecule has 0 bridgehead atoms. The maximum Gasteiger partial charge on any atom is 0.261 e. The van der Waals surface area contributed by atoms with E-state index in [0.29, 0.717) is 0 Å². The van der Waals surface area contributed by atoms with E-state index in [2.05, 4.69) is 10.2 Å². The predicted octanol–water partition coefficient (Wildman–Crippen LogP) is 1.59. The van der Waals surface area contributed by atoms with Crippen LogP contribution in [0.4, 0.5) is 0 Å². The summed E-state index contributed by atoms with van der Waals surface area (Å²) in [5, 5.41) is 4.88. The Bertz CT molecular complexity index is 348. The lowest BCUT2D eigenvalue weighted by Crippen LogP contribution is -2.37. The van der Waals surface area contributed by atoms with Crippen LogP contribution in [0, 0.1) is 0 Å². The molecule has 1 amide bonds. The van der Waals surface area contributed by atoms with Gasteiger partial charge in [0.25, 0.3) is 5.91 Å². The zero-order valence-corrected chi connectivity index (χ0v) is 11.4. The van der Waals surface area contributed by atoms with Gasteiger partial charge in [-0.05, 0) is 30.8 Å². The molecule has 100 valence electrons. The van der Waals surface area contributed by atoms with Crippen LogP contribution >= 0.6 is 11.3 Å². The third-order valence-electron chi connectivity index (χ3n) is 3.04. The number of morpholine rings is 1. The number of carbonyl (C=O) groups excluding carboxylic acids is 1. The second-order valence-corrected chi connectivity index (χ2v) is 5.34. The molecule has 2 rings (SSSR count). The molecule has 0 radical (unpaired) electrons. The second kappa shape index (κ2) is 7.51. The maximum atomic E-state index is 11.6. The van der Waals surface area contributed by atoms with E-state index >= 15 is 0 Å². The summed E-state index contributed by atoms with van der Waals surface area (Å²) in [6.45, 7) is 5.67. The van der Waals surface area contributed by atoms with Crippen molar-refractivity contribution < 1.29 is 9.53 Å². The summed E-state index contributed by atoms with van der Waals surface area (Å²) in [6.07, 6.45) is 2.17. The number of thiophene rings is 1. The number of nitrogens with one attached hydrogen (secondary N) is 1. The highest BCUT2D eigenvalue weighted by molar-refractivity contribution is 7.12. The lowest BCUT2D eigenvalue weighted by molar-refractivity contribution is 0.0372. The van der Waals surface area contributed by atoms with Gasteiger partial charge in [0.05, 0.1) is 18.1 Å². The van der Waals surface area contributed by atoms with E-state index in [1.807, 2.05) is 17.5 Å². The lowest BCUT2D eigenvalue weighted by Gasteiger charge is -2.26. The topological polar surface area (TPSA) is 41.6 Å². The standard InChI is InChI=1S/C13H20N2O2S/c16-13(12-4-3-11-18-12)14-5-1-2-6-15-7-9-17-10-8-15/h3-4,11H,1-2,5-10H2,(H,14,16). The molecule has 4 nitrogen and oxygen atoms in total. The number of nitrogens with zero attached hydrogens (tertiary/aromatic N) is 1. The van der Waals surface area contributed by atoms with Crippen molar-refractivity contribution in [2.45, 2.75) is 12.8 Å². The molecular weight excluding hydrogens is 248 g/mol. The van der Waals surface area contributed by atoms with E-state index < -0.39 is 0 Å². The van der Waals surface area contributed by atoms with Gasteiger partial charge >= 0.3 is 0 Å². The molecule has 0 saturated carbocycles. The summed E-state index contributed by atoms with van der Waals surface area (Å²) in [4.78, 5) is 14.9. The summed E-state index contributed by atoms with van der Waals surface area (Å²) in [7, 11) is 0. The highest BCUT2D eigenvalue weighted by atomic mass is 32.1. The predicted molar refractivity (Wildman–Crippen MR) is 73.1 cm³/mol. The van der Waals surface area contributed by atoms with Gasteiger partial charge in [-0.25, -0.2) is 0 Å². The Morgan fingerprint density at radius 3 is 2.94 bits per heavy atom. The quantitative estimate of drug-likeness (QED) is 0.797. The van der Waals surface area contributed by atoms with Crippen LogP contribution < -0.4 is 5.32 Å². The Labute approximate surface area is 112 Å². The first kappa shape index (κ1) is 13.5. The molecule has 0 unspecified atom stereocenters. The lowest BCUT2D eigenvalue weighted by atomic mass is 10.2. The normalized spacial score (nSPS) is 16.7. The first-order valence-electron chi connectivity index (χ1n) is 6.48. The fourth-order valence-electron chi connectivity index (χ4n) is 1.98. The summed E-state index contributed by atoms with van der Waals surface area (Å²) in [5.74, 6) is 0.0522. The van der Waals surface area contributed by atoms with Crippen LogP contribution in [-0.2, 0) is 4.74 Å². The van der Waals surface area contributed by atoms with Gasteiger partial charge in [0, 0.05) is 19.6 Å². The number of hydrogen-bond donors (Lipinski definition) is 1. The van der Waals surface area contributed by atoms with E-state index in [-0.39, 0.29) is 5.91 Å². The Morgan fingerprint density at radius 2 is 2.22 bits per heavy atom. The van der Waals surface area contributed by atoms with Gasteiger partial charge in [0.2, 0.25) is 0 Å². The van der Waals surface area contributed by atoms with Crippen molar-refractivity contribution in [2.75, 3.05) is 39.4 Å². The Morgan fingerprint density at radius 1 is 1.39 bits per heavy atom. The van der Waals surface area contributed by atoms with Gasteiger partial charge in [-0.2, -0.15) is 0 Å². The number of unbranched alkanes of at least 4 members (excludes halogenated alkanes) is 1. The van der Waals surface area contributed by atoms with Crippen molar-refractivity contribution >= 4 is 17.2 Å². The molecule has 1 aromatic heterocycles. The average Bonchev–Trinajstić information content (AvgIpc) is 2.93. The van der Waals surface area contributed by atoms with Crippen molar-refractivity contribution in [2.24, 2.45) is 0 Å². The minimum Gasteiger partial charge on any atom is -0.379 e. The van der Waals surface area contributed by atoms with Crippen molar-refractivity contribution in [1.29, 1.82) is 0 Å². The molecule has 2 heterocycles. The molecule has 0 atom stereocenters. The number of carbonyl (C=O) groups is 1. The summed E-state index contributed by atoms with van der Waals surface area (Å²) < 4.78 is 5.30. The summed E-state index contributed by atoms with van der Waals surface area (Å²) in [6, 6.07) is 3.76. The fraction of sp³-hybridized carbons (Fsp3) is 0.615. The molecule has 5 heteroatoms. The third-order valence-corrected chi connectivity index (χ3v) is 3.90. The zero-order valence-electron chi connectivity index (χ0n) is 10.6. The molecule has 1 saturated heterocycles. The van der Waals surface area contributed by atoms with Gasteiger partial charge in [-0.15, -0.1) is 11.3 Å². The highest BCUT2D eigenvalue weighted by Crippen LogP contribution is 2.07. The molecule has 1 aliphatic rings. The number of rotatable bonds is 6. The molecule has 18 heavy (non-hydrogen) atoms. The molecule has 1 N–H and O–H groups in total. The number of ether oxygens (including phenoxy) is 1. The fourth-order valence-corrected chi connectivity index (χ4v) is 2.62. The van der Waals surface area contributed by atoms with E-state index in [0.717, 1.165) is 57.1 Å². The van der Waals surface area contributed by atoms with Gasteiger partial charge in [-0.3, -0.25) is 9.69 Å². The van der Waals surface area contributed by atoms with Crippen LogP contribution in [0.15, 0.2) is 17.5 Å². The molecular formula is C13H20N2O2S. The van der Waals surface area contributed by atoms with Crippen LogP contribution in [0.3, 0.4) is 0 Å². The van der Waals surface area contributed by atoms with Gasteiger partial charge in [0.1, 0.15) is 0 Å². The van der Waals surface area contributed by atoms with Crippen LogP contribution in [-0.4, -0.2) is 50.2 Å².